The molecule has 0 radical (unpaired) electrons. The van der Waals surface area contributed by atoms with Crippen molar-refractivity contribution in [3.63, 3.8) is 0 Å². The topological polar surface area (TPSA) is 119 Å². The Labute approximate surface area is 196 Å². The molecule has 0 saturated heterocycles. The van der Waals surface area contributed by atoms with Gasteiger partial charge in [0.05, 0.1) is 54.6 Å². The smallest absolute Gasteiger partial charge is 0.322 e. The van der Waals surface area contributed by atoms with Gasteiger partial charge in [-0.1, -0.05) is 12.1 Å². The quantitative estimate of drug-likeness (QED) is 0.431. The Morgan fingerprint density at radius 3 is 2.60 bits per heavy atom. The molecule has 1 amide bonds. The maximum absolute atomic E-state index is 14.0. The Hall–Kier alpha value is -5.04. The van der Waals surface area contributed by atoms with E-state index in [4.69, 9.17) is 11.8 Å². The van der Waals surface area contributed by atoms with Gasteiger partial charge in [-0.2, -0.15) is 33.7 Å². The second-order valence-corrected chi connectivity index (χ2v) is 7.21. The number of pyridine rings is 1. The Bertz CT molecular complexity index is 1480. The van der Waals surface area contributed by atoms with Crippen LogP contribution in [0.25, 0.3) is 10.7 Å². The zero-order valence-corrected chi connectivity index (χ0v) is 17.9. The van der Waals surface area contributed by atoms with Gasteiger partial charge < -0.3 is 5.32 Å². The monoisotopic (exact) mass is 477 g/mol. The summed E-state index contributed by atoms with van der Waals surface area (Å²) < 4.78 is 42.8. The lowest BCUT2D eigenvalue weighted by atomic mass is 10.1. The van der Waals surface area contributed by atoms with Crippen LogP contribution < -0.4 is 5.32 Å². The lowest BCUT2D eigenvalue weighted by Gasteiger charge is -2.19. The fourth-order valence-electron chi connectivity index (χ4n) is 3.39. The maximum atomic E-state index is 14.0. The van der Waals surface area contributed by atoms with Crippen molar-refractivity contribution in [3.05, 3.63) is 88.9 Å². The first-order valence-corrected chi connectivity index (χ1v) is 9.93. The SMILES string of the molecule is [C-]#[N+]c1cc(NC(=O)c2cnn(C(C)c3cccc(C#N)c3)c2C(F)(F)F)cnc1-n1nccn1. The highest BCUT2D eigenvalue weighted by Crippen LogP contribution is 2.35. The molecule has 10 nitrogen and oxygen atoms in total. The number of halogens is 3. The summed E-state index contributed by atoms with van der Waals surface area (Å²) in [6, 6.07) is 8.39. The number of benzene rings is 1. The van der Waals surface area contributed by atoms with Crippen LogP contribution in [0.4, 0.5) is 24.5 Å². The highest BCUT2D eigenvalue weighted by Gasteiger charge is 2.41. The third kappa shape index (κ3) is 4.56. The minimum Gasteiger partial charge on any atom is -0.322 e. The number of anilines is 1. The summed E-state index contributed by atoms with van der Waals surface area (Å²) in [7, 11) is 0. The van der Waals surface area contributed by atoms with Gasteiger partial charge in [0.1, 0.15) is 0 Å². The number of alkyl halides is 3. The highest BCUT2D eigenvalue weighted by molar-refractivity contribution is 6.05. The van der Waals surface area contributed by atoms with Gasteiger partial charge in [0.2, 0.25) is 5.69 Å². The van der Waals surface area contributed by atoms with Crippen LogP contribution in [0.15, 0.2) is 55.1 Å². The molecule has 1 aromatic carbocycles. The Kier molecular flexibility index (Phi) is 5.99. The van der Waals surface area contributed by atoms with Crippen LogP contribution in [-0.2, 0) is 6.18 Å². The second-order valence-electron chi connectivity index (χ2n) is 7.21. The van der Waals surface area contributed by atoms with Crippen molar-refractivity contribution in [2.75, 3.05) is 5.32 Å². The fraction of sp³-hybridized carbons (Fsp3) is 0.136. The van der Waals surface area contributed by atoms with Gasteiger partial charge in [-0.15, -0.1) is 4.80 Å². The molecule has 0 fully saturated rings. The molecule has 3 aromatic heterocycles. The summed E-state index contributed by atoms with van der Waals surface area (Å²) in [5.41, 5.74) is -1.27. The second kappa shape index (κ2) is 9.07. The van der Waals surface area contributed by atoms with E-state index < -0.39 is 29.4 Å². The average molecular weight is 477 g/mol. The van der Waals surface area contributed by atoms with E-state index in [-0.39, 0.29) is 22.8 Å². The van der Waals surface area contributed by atoms with E-state index >= 15 is 0 Å². The Morgan fingerprint density at radius 2 is 1.94 bits per heavy atom. The first-order valence-electron chi connectivity index (χ1n) is 9.93. The number of carbonyl (C=O) groups is 1. The molecule has 13 heteroatoms. The van der Waals surface area contributed by atoms with Crippen LogP contribution in [0.3, 0.4) is 0 Å². The van der Waals surface area contributed by atoms with Crippen LogP contribution >= 0.6 is 0 Å². The molecule has 0 aliphatic rings. The van der Waals surface area contributed by atoms with Crippen molar-refractivity contribution in [2.45, 2.75) is 19.1 Å². The van der Waals surface area contributed by atoms with Gasteiger partial charge in [0, 0.05) is 5.69 Å². The number of carbonyl (C=O) groups excluding carboxylic acids is 1. The predicted molar refractivity (Wildman–Crippen MR) is 116 cm³/mol. The van der Waals surface area contributed by atoms with Gasteiger partial charge >= 0.3 is 6.18 Å². The number of nitrogens with one attached hydrogen (secondary N) is 1. The third-order valence-corrected chi connectivity index (χ3v) is 5.01. The number of aromatic nitrogens is 6. The molecule has 0 saturated carbocycles. The average Bonchev–Trinajstić information content (AvgIpc) is 3.54. The molecule has 0 aliphatic carbocycles. The molecule has 1 N–H and O–H groups in total. The molecule has 1 atom stereocenters. The molecule has 1 unspecified atom stereocenters. The molecule has 0 bridgehead atoms. The van der Waals surface area contributed by atoms with Crippen molar-refractivity contribution < 1.29 is 18.0 Å². The Balaban J connectivity index is 1.68. The number of nitriles is 1. The zero-order chi connectivity index (χ0) is 25.2. The third-order valence-electron chi connectivity index (χ3n) is 5.01. The van der Waals surface area contributed by atoms with Crippen molar-refractivity contribution in [2.24, 2.45) is 0 Å². The molecule has 0 spiro atoms. The van der Waals surface area contributed by atoms with Crippen LogP contribution in [0.2, 0.25) is 0 Å². The van der Waals surface area contributed by atoms with Gasteiger partial charge in [-0.25, -0.2) is 9.83 Å². The molecule has 0 aliphatic heterocycles. The van der Waals surface area contributed by atoms with Crippen LogP contribution in [0, 0.1) is 17.9 Å². The van der Waals surface area contributed by atoms with Crippen LogP contribution in [0.5, 0.6) is 0 Å². The minimum atomic E-state index is -4.90. The maximum Gasteiger partial charge on any atom is 0.433 e. The largest absolute Gasteiger partial charge is 0.433 e. The summed E-state index contributed by atoms with van der Waals surface area (Å²) in [4.78, 5) is 21.3. The van der Waals surface area contributed by atoms with E-state index in [0.717, 1.165) is 11.0 Å². The molecule has 3 heterocycles. The minimum absolute atomic E-state index is 0.00699. The van der Waals surface area contributed by atoms with Gasteiger partial charge in [0.15, 0.2) is 11.5 Å². The van der Waals surface area contributed by atoms with Crippen molar-refractivity contribution in [1.29, 1.82) is 5.26 Å². The summed E-state index contributed by atoms with van der Waals surface area (Å²) >= 11 is 0. The fourth-order valence-corrected chi connectivity index (χ4v) is 3.39. The van der Waals surface area contributed by atoms with E-state index in [1.54, 1.807) is 12.1 Å². The number of nitrogens with zero attached hydrogens (tertiary/aromatic N) is 8. The van der Waals surface area contributed by atoms with E-state index in [9.17, 15) is 18.0 Å². The number of rotatable bonds is 5. The van der Waals surface area contributed by atoms with Gasteiger partial charge in [-0.05, 0) is 30.7 Å². The zero-order valence-electron chi connectivity index (χ0n) is 17.9. The van der Waals surface area contributed by atoms with Crippen molar-refractivity contribution in [3.8, 4) is 11.9 Å². The highest BCUT2D eigenvalue weighted by atomic mass is 19.4. The summed E-state index contributed by atoms with van der Waals surface area (Å²) in [5, 5.41) is 23.0. The molecule has 4 aromatic rings. The molecule has 4 rings (SSSR count). The number of hydrogen-bond donors (Lipinski definition) is 1. The first-order chi connectivity index (χ1) is 16.7. The van der Waals surface area contributed by atoms with Crippen LogP contribution in [-0.4, -0.2) is 35.7 Å². The molecule has 174 valence electrons. The first kappa shape index (κ1) is 23.1. The molecular weight excluding hydrogens is 463 g/mol. The summed E-state index contributed by atoms with van der Waals surface area (Å²) in [6.07, 6.45) is -0.120. The van der Waals surface area contributed by atoms with Gasteiger partial charge in [-0.3, -0.25) is 9.48 Å². The summed E-state index contributed by atoms with van der Waals surface area (Å²) in [6.45, 7) is 8.81. The summed E-state index contributed by atoms with van der Waals surface area (Å²) in [5.74, 6) is -0.982. The van der Waals surface area contributed by atoms with Crippen molar-refractivity contribution in [1.82, 2.24) is 29.8 Å². The number of amides is 1. The normalized spacial score (nSPS) is 11.9. The van der Waals surface area contributed by atoms with Crippen LogP contribution in [0.1, 0.15) is 40.1 Å². The number of hydrogen-bond acceptors (Lipinski definition) is 6. The van der Waals surface area contributed by atoms with E-state index in [1.165, 1.54) is 43.7 Å². The predicted octanol–water partition coefficient (Wildman–Crippen LogP) is 4.16. The van der Waals surface area contributed by atoms with Gasteiger partial charge in [0.25, 0.3) is 5.91 Å². The standard InChI is InChI=1S/C22H14F3N9O/c1-13(15-5-3-4-14(8-15)10-26)33-19(22(23,24)25)17(12-31-33)21(35)32-16-9-18(27-2)20(28-11-16)34-29-6-7-30-34/h3-9,11-13H,1H3,(H,32,35). The Morgan fingerprint density at radius 1 is 1.20 bits per heavy atom. The lowest BCUT2D eigenvalue weighted by molar-refractivity contribution is -0.144. The van der Waals surface area contributed by atoms with E-state index in [2.05, 4.69) is 30.4 Å². The lowest BCUT2D eigenvalue weighted by Crippen LogP contribution is -2.23. The van der Waals surface area contributed by atoms with E-state index in [1.807, 2.05) is 6.07 Å². The molecule has 35 heavy (non-hydrogen) atoms. The van der Waals surface area contributed by atoms with E-state index in [0.29, 0.717) is 10.2 Å². The molecular formula is C22H14F3N9O. The van der Waals surface area contributed by atoms with Crippen molar-refractivity contribution >= 4 is 17.3 Å².